The lowest BCUT2D eigenvalue weighted by Crippen LogP contribution is -2.56. The fourth-order valence-corrected chi connectivity index (χ4v) is 3.43. The van der Waals surface area contributed by atoms with Crippen LogP contribution in [-0.4, -0.2) is 85.5 Å². The molecule has 1 saturated heterocycles. The number of nitrogens with one attached hydrogen (secondary N) is 3. The number of likely N-dealkylation sites (tertiary alicyclic amines) is 1. The van der Waals surface area contributed by atoms with Crippen molar-refractivity contribution in [1.29, 1.82) is 0 Å². The van der Waals surface area contributed by atoms with Crippen LogP contribution >= 0.6 is 0 Å². The Labute approximate surface area is 183 Å². The number of nitrogens with two attached hydrogens (primary N) is 1. The Hall–Kier alpha value is -3.48. The summed E-state index contributed by atoms with van der Waals surface area (Å²) in [4.78, 5) is 67.8. The highest BCUT2D eigenvalue weighted by atomic mass is 16.4. The Bertz CT molecular complexity index is 843. The average molecular weight is 452 g/mol. The monoisotopic (exact) mass is 452 g/mol. The summed E-state index contributed by atoms with van der Waals surface area (Å²) in [6, 6.07) is -4.15. The number of aromatic nitrogens is 2. The van der Waals surface area contributed by atoms with Crippen molar-refractivity contribution in [2.45, 2.75) is 63.2 Å². The van der Waals surface area contributed by atoms with Gasteiger partial charge in [-0.05, 0) is 26.2 Å². The first-order valence-electron chi connectivity index (χ1n) is 10.2. The van der Waals surface area contributed by atoms with E-state index >= 15 is 0 Å². The lowest BCUT2D eigenvalue weighted by Gasteiger charge is -2.28. The van der Waals surface area contributed by atoms with Crippen molar-refractivity contribution in [2.75, 3.05) is 6.54 Å². The Morgan fingerprint density at radius 2 is 2.00 bits per heavy atom. The number of amides is 3. The van der Waals surface area contributed by atoms with Gasteiger partial charge in [-0.15, -0.1) is 0 Å². The van der Waals surface area contributed by atoms with Gasteiger partial charge in [0.1, 0.15) is 18.1 Å². The van der Waals surface area contributed by atoms with E-state index in [0.29, 0.717) is 18.5 Å². The molecule has 176 valence electrons. The number of hydrogen-bond donors (Lipinski definition) is 6. The van der Waals surface area contributed by atoms with Gasteiger partial charge in [0, 0.05) is 31.3 Å². The molecule has 13 heteroatoms. The van der Waals surface area contributed by atoms with Gasteiger partial charge < -0.3 is 36.5 Å². The number of imidazole rings is 1. The number of H-pyrrole nitrogens is 1. The summed E-state index contributed by atoms with van der Waals surface area (Å²) in [5.74, 6) is -4.09. The molecule has 32 heavy (non-hydrogen) atoms. The summed E-state index contributed by atoms with van der Waals surface area (Å²) in [5.41, 5.74) is 6.19. The first kappa shape index (κ1) is 24.8. The standard InChI is InChI=1S/C19H28N6O7/c1-10(23-16(28)12(20)4-5-15(26)27)18(30)25-6-2-3-14(25)17(29)24-13(19(31)32)7-11-8-21-9-22-11/h8-10,12-14H,2-7,20H2,1H3,(H,21,22)(H,23,28)(H,24,29)(H,26,27)(H,31,32). The number of aromatic amines is 1. The molecule has 1 aromatic heterocycles. The summed E-state index contributed by atoms with van der Waals surface area (Å²) in [5, 5.41) is 23.0. The third kappa shape index (κ3) is 6.77. The smallest absolute Gasteiger partial charge is 0.326 e. The summed E-state index contributed by atoms with van der Waals surface area (Å²) in [6.07, 6.45) is 3.39. The molecule has 7 N–H and O–H groups in total. The highest BCUT2D eigenvalue weighted by Crippen LogP contribution is 2.19. The molecule has 4 atom stereocenters. The molecule has 0 spiro atoms. The van der Waals surface area contributed by atoms with Crippen LogP contribution in [0.25, 0.3) is 0 Å². The Balaban J connectivity index is 1.96. The molecule has 2 rings (SSSR count). The molecule has 0 bridgehead atoms. The fourth-order valence-electron chi connectivity index (χ4n) is 3.43. The predicted molar refractivity (Wildman–Crippen MR) is 109 cm³/mol. The maximum absolute atomic E-state index is 12.8. The van der Waals surface area contributed by atoms with Crippen molar-refractivity contribution in [3.63, 3.8) is 0 Å². The summed E-state index contributed by atoms with van der Waals surface area (Å²) in [6.45, 7) is 1.72. The molecule has 4 unspecified atom stereocenters. The first-order valence-corrected chi connectivity index (χ1v) is 10.2. The molecule has 0 aromatic carbocycles. The molecule has 2 heterocycles. The van der Waals surface area contributed by atoms with Crippen LogP contribution in [-0.2, 0) is 30.4 Å². The van der Waals surface area contributed by atoms with Crippen molar-refractivity contribution >= 4 is 29.7 Å². The number of nitrogens with zero attached hydrogens (tertiary/aromatic N) is 2. The number of carbonyl (C=O) groups is 5. The second kappa shape index (κ2) is 11.2. The van der Waals surface area contributed by atoms with Crippen molar-refractivity contribution in [3.05, 3.63) is 18.2 Å². The summed E-state index contributed by atoms with van der Waals surface area (Å²) < 4.78 is 0. The van der Waals surface area contributed by atoms with Gasteiger partial charge in [-0.2, -0.15) is 0 Å². The van der Waals surface area contributed by atoms with E-state index in [2.05, 4.69) is 20.6 Å². The number of hydrogen-bond acceptors (Lipinski definition) is 7. The second-order valence-corrected chi connectivity index (χ2v) is 7.64. The lowest BCUT2D eigenvalue weighted by molar-refractivity contribution is -0.144. The predicted octanol–water partition coefficient (Wildman–Crippen LogP) is -1.79. The van der Waals surface area contributed by atoms with Gasteiger partial charge in [0.2, 0.25) is 17.7 Å². The number of carboxylic acid groups (broad SMARTS) is 2. The average Bonchev–Trinajstić information content (AvgIpc) is 3.42. The van der Waals surface area contributed by atoms with Crippen molar-refractivity contribution in [2.24, 2.45) is 5.73 Å². The topological polar surface area (TPSA) is 208 Å². The van der Waals surface area contributed by atoms with Crippen LogP contribution < -0.4 is 16.4 Å². The highest BCUT2D eigenvalue weighted by Gasteiger charge is 2.38. The maximum Gasteiger partial charge on any atom is 0.326 e. The van der Waals surface area contributed by atoms with Gasteiger partial charge in [0.15, 0.2) is 0 Å². The van der Waals surface area contributed by atoms with Crippen LogP contribution in [0.2, 0.25) is 0 Å². The van der Waals surface area contributed by atoms with Crippen LogP contribution in [0.4, 0.5) is 0 Å². The summed E-state index contributed by atoms with van der Waals surface area (Å²) in [7, 11) is 0. The molecule has 13 nitrogen and oxygen atoms in total. The molecule has 0 saturated carbocycles. The number of aliphatic carboxylic acids is 2. The van der Waals surface area contributed by atoms with E-state index in [9.17, 15) is 29.1 Å². The fraction of sp³-hybridized carbons (Fsp3) is 0.579. The van der Waals surface area contributed by atoms with E-state index in [1.54, 1.807) is 0 Å². The van der Waals surface area contributed by atoms with Crippen molar-refractivity contribution < 1.29 is 34.2 Å². The minimum absolute atomic E-state index is 0.00241. The van der Waals surface area contributed by atoms with Crippen LogP contribution in [0.1, 0.15) is 38.3 Å². The van der Waals surface area contributed by atoms with Crippen LogP contribution in [0.3, 0.4) is 0 Å². The zero-order valence-electron chi connectivity index (χ0n) is 17.6. The van der Waals surface area contributed by atoms with Gasteiger partial charge in [-0.25, -0.2) is 9.78 Å². The Kier molecular flexibility index (Phi) is 8.70. The van der Waals surface area contributed by atoms with E-state index in [4.69, 9.17) is 10.8 Å². The van der Waals surface area contributed by atoms with E-state index < -0.39 is 53.8 Å². The summed E-state index contributed by atoms with van der Waals surface area (Å²) >= 11 is 0. The number of carboxylic acids is 2. The molecular formula is C19H28N6O7. The third-order valence-electron chi connectivity index (χ3n) is 5.17. The van der Waals surface area contributed by atoms with E-state index in [0.717, 1.165) is 0 Å². The first-order chi connectivity index (χ1) is 15.1. The molecule has 3 amide bonds. The molecule has 1 aromatic rings. The van der Waals surface area contributed by atoms with Gasteiger partial charge in [-0.1, -0.05) is 0 Å². The van der Waals surface area contributed by atoms with Crippen molar-refractivity contribution in [3.8, 4) is 0 Å². The normalized spacial score (nSPS) is 18.4. The Morgan fingerprint density at radius 3 is 2.59 bits per heavy atom. The van der Waals surface area contributed by atoms with Crippen LogP contribution in [0, 0.1) is 0 Å². The van der Waals surface area contributed by atoms with E-state index in [1.807, 2.05) is 0 Å². The zero-order valence-corrected chi connectivity index (χ0v) is 17.6. The van der Waals surface area contributed by atoms with Gasteiger partial charge in [0.05, 0.1) is 12.4 Å². The lowest BCUT2D eigenvalue weighted by atomic mass is 10.1. The Morgan fingerprint density at radius 1 is 1.28 bits per heavy atom. The highest BCUT2D eigenvalue weighted by molar-refractivity contribution is 5.94. The van der Waals surface area contributed by atoms with Gasteiger partial charge >= 0.3 is 11.9 Å². The SMILES string of the molecule is CC(NC(=O)C(N)CCC(=O)O)C(=O)N1CCCC1C(=O)NC(Cc1cnc[nH]1)C(=O)O. The molecule has 1 aliphatic heterocycles. The molecule has 0 radical (unpaired) electrons. The van der Waals surface area contributed by atoms with E-state index in [1.165, 1.54) is 24.3 Å². The number of carbonyl (C=O) groups excluding carboxylic acids is 3. The van der Waals surface area contributed by atoms with E-state index in [-0.39, 0.29) is 25.8 Å². The zero-order chi connectivity index (χ0) is 23.8. The maximum atomic E-state index is 12.8. The van der Waals surface area contributed by atoms with Gasteiger partial charge in [-0.3, -0.25) is 19.2 Å². The minimum atomic E-state index is -1.22. The largest absolute Gasteiger partial charge is 0.481 e. The molecular weight excluding hydrogens is 424 g/mol. The van der Waals surface area contributed by atoms with Crippen molar-refractivity contribution in [1.82, 2.24) is 25.5 Å². The second-order valence-electron chi connectivity index (χ2n) is 7.64. The molecule has 1 fully saturated rings. The quantitative estimate of drug-likeness (QED) is 0.224. The number of rotatable bonds is 11. The third-order valence-corrected chi connectivity index (χ3v) is 5.17. The minimum Gasteiger partial charge on any atom is -0.481 e. The van der Waals surface area contributed by atoms with Crippen LogP contribution in [0.5, 0.6) is 0 Å². The van der Waals surface area contributed by atoms with Gasteiger partial charge in [0.25, 0.3) is 0 Å². The molecule has 0 aliphatic carbocycles. The molecule has 1 aliphatic rings. The van der Waals surface area contributed by atoms with Crippen LogP contribution in [0.15, 0.2) is 12.5 Å².